The predicted octanol–water partition coefficient (Wildman–Crippen LogP) is 1.21. The maximum absolute atomic E-state index is 10.8. The molecule has 8 heteroatoms. The molecule has 0 aromatic rings. The summed E-state index contributed by atoms with van der Waals surface area (Å²) in [6.07, 6.45) is 0. The van der Waals surface area contributed by atoms with Gasteiger partial charge in [0, 0.05) is 6.61 Å². The number of aliphatic hydroxyl groups is 1. The van der Waals surface area contributed by atoms with Crippen LogP contribution in [-0.4, -0.2) is 30.9 Å². The van der Waals surface area contributed by atoms with Crippen LogP contribution in [-0.2, 0) is 0 Å². The van der Waals surface area contributed by atoms with Gasteiger partial charge < -0.3 is 10.8 Å². The molecule has 0 heterocycles. The lowest BCUT2D eigenvalue weighted by atomic mass is 10.7. The second-order valence-corrected chi connectivity index (χ2v) is 1.27. The van der Waals surface area contributed by atoms with E-state index in [2.05, 4.69) is 5.73 Å². The lowest BCUT2D eigenvalue weighted by molar-refractivity contribution is 0.318. The van der Waals surface area contributed by atoms with E-state index in [4.69, 9.17) is 15.8 Å². The fraction of sp³-hybridized carbons (Fsp3) is 0.667. The summed E-state index contributed by atoms with van der Waals surface area (Å²) in [7, 11) is 0. The molecular weight excluding hydrogens is 239 g/mol. The molecular formula is C6H15Cl2F2N3O. The molecule has 0 saturated carbocycles. The van der Waals surface area contributed by atoms with E-state index in [0.717, 1.165) is 0 Å². The highest BCUT2D eigenvalue weighted by Gasteiger charge is 1.75. The number of nitrogens with two attached hydrogens (primary N) is 1. The highest BCUT2D eigenvalue weighted by atomic mass is 35.5. The number of hydrogen-bond acceptors (Lipinski definition) is 3. The van der Waals surface area contributed by atoms with Gasteiger partial charge in [0.1, 0.15) is 12.5 Å². The molecule has 0 radical (unpaired) electrons. The minimum Gasteiger partial charge on any atom is -0.397 e. The van der Waals surface area contributed by atoms with Crippen molar-refractivity contribution in [1.82, 2.24) is 0 Å². The predicted molar refractivity (Wildman–Crippen MR) is 56.7 cm³/mol. The number of nitrogens with zero attached hydrogens (tertiary/aromatic N) is 1. The highest BCUT2D eigenvalue weighted by molar-refractivity contribution is 5.85. The molecule has 0 unspecified atom stereocenters. The van der Waals surface area contributed by atoms with Crippen LogP contribution in [0.1, 0.15) is 6.92 Å². The van der Waals surface area contributed by atoms with Crippen molar-refractivity contribution in [1.29, 1.82) is 10.7 Å². The number of amidine groups is 1. The van der Waals surface area contributed by atoms with E-state index in [1.165, 1.54) is 6.07 Å². The Morgan fingerprint density at radius 2 is 1.64 bits per heavy atom. The number of hydrogen-bond donors (Lipinski definition) is 3. The average Bonchev–Trinajstić information content (AvgIpc) is 2.06. The molecule has 0 amide bonds. The molecule has 4 nitrogen and oxygen atoms in total. The van der Waals surface area contributed by atoms with Gasteiger partial charge in [0.25, 0.3) is 0 Å². The molecule has 0 aromatic carbocycles. The number of alkyl halides is 2. The topological polar surface area (TPSA) is 93.9 Å². The number of halogens is 4. The molecule has 14 heavy (non-hydrogen) atoms. The second kappa shape index (κ2) is 39.4. The van der Waals surface area contributed by atoms with Crippen molar-refractivity contribution < 1.29 is 13.9 Å². The Kier molecular flexibility index (Phi) is 82.3. The van der Waals surface area contributed by atoms with Crippen molar-refractivity contribution >= 4 is 30.6 Å². The van der Waals surface area contributed by atoms with Crippen LogP contribution in [0.25, 0.3) is 0 Å². The van der Waals surface area contributed by atoms with Crippen LogP contribution in [0, 0.1) is 16.7 Å². The summed E-state index contributed by atoms with van der Waals surface area (Å²) < 4.78 is 21.1. The van der Waals surface area contributed by atoms with Crippen molar-refractivity contribution in [3.63, 3.8) is 0 Å². The molecule has 0 bridgehead atoms. The largest absolute Gasteiger partial charge is 0.397 e. The first kappa shape index (κ1) is 29.2. The molecule has 88 valence electrons. The summed E-state index contributed by atoms with van der Waals surface area (Å²) in [6, 6.07) is 1.26. The van der Waals surface area contributed by atoms with Gasteiger partial charge in [-0.05, 0) is 6.92 Å². The Morgan fingerprint density at radius 1 is 1.50 bits per heavy atom. The molecule has 4 N–H and O–H groups in total. The van der Waals surface area contributed by atoms with Gasteiger partial charge in [0.05, 0.1) is 6.07 Å². The smallest absolute Gasteiger partial charge is 0.176 e. The first-order valence-electron chi connectivity index (χ1n) is 3.03. The minimum absolute atomic E-state index is 0. The molecule has 0 aliphatic rings. The molecule has 0 saturated heterocycles. The van der Waals surface area contributed by atoms with Crippen LogP contribution >= 0.6 is 24.8 Å². The zero-order valence-corrected chi connectivity index (χ0v) is 9.30. The maximum atomic E-state index is 10.8. The van der Waals surface area contributed by atoms with Crippen LogP contribution in [0.4, 0.5) is 8.78 Å². The van der Waals surface area contributed by atoms with Gasteiger partial charge in [0.15, 0.2) is 6.67 Å². The summed E-state index contributed by atoms with van der Waals surface area (Å²) in [6.45, 7) is 0.222. The third-order valence-corrected chi connectivity index (χ3v) is 0.204. The molecule has 0 aliphatic heterocycles. The van der Waals surface area contributed by atoms with E-state index in [-0.39, 0.29) is 31.4 Å². The number of rotatable bonds is 1. The lowest BCUT2D eigenvalue weighted by Crippen LogP contribution is -2.10. The summed E-state index contributed by atoms with van der Waals surface area (Å²) in [5.74, 6) is -0.412. The van der Waals surface area contributed by atoms with Gasteiger partial charge in [-0.2, -0.15) is 5.26 Å². The zero-order chi connectivity index (χ0) is 10.4. The number of nitriles is 1. The molecule has 0 rings (SSSR count). The Hall–Kier alpha value is -0.640. The molecule has 0 aliphatic carbocycles. The standard InChI is InChI=1S/C2H5FN2.C2H2FN.C2H6O.2ClH/c3-1-2(4)5;3-1-2-4;1-2-3;;/h1H2,(H3,4,5);1H2;3H,2H2,1H3;2*1H. The Labute approximate surface area is 94.4 Å². The van der Waals surface area contributed by atoms with Crippen molar-refractivity contribution in [3.05, 3.63) is 0 Å². The summed E-state index contributed by atoms with van der Waals surface area (Å²) in [5, 5.41) is 21.0. The normalized spacial score (nSPS) is 5.36. The van der Waals surface area contributed by atoms with Gasteiger partial charge in [0.2, 0.25) is 0 Å². The molecule has 0 atom stereocenters. The van der Waals surface area contributed by atoms with Gasteiger partial charge in [-0.25, -0.2) is 8.78 Å². The van der Waals surface area contributed by atoms with Crippen LogP contribution in [0.15, 0.2) is 0 Å². The van der Waals surface area contributed by atoms with Gasteiger partial charge in [-0.1, -0.05) is 0 Å². The molecule has 0 fully saturated rings. The second-order valence-electron chi connectivity index (χ2n) is 1.27. The zero-order valence-electron chi connectivity index (χ0n) is 7.67. The first-order valence-corrected chi connectivity index (χ1v) is 3.03. The number of nitrogens with one attached hydrogen (secondary N) is 1. The monoisotopic (exact) mass is 253 g/mol. The van der Waals surface area contributed by atoms with Crippen LogP contribution in [0.3, 0.4) is 0 Å². The maximum Gasteiger partial charge on any atom is 0.176 e. The summed E-state index contributed by atoms with van der Waals surface area (Å²) in [4.78, 5) is 0. The van der Waals surface area contributed by atoms with Gasteiger partial charge in [-0.3, -0.25) is 5.41 Å². The van der Waals surface area contributed by atoms with Crippen LogP contribution < -0.4 is 5.73 Å². The Bertz CT molecular complexity index is 133. The van der Waals surface area contributed by atoms with Crippen molar-refractivity contribution in [2.75, 3.05) is 20.0 Å². The van der Waals surface area contributed by atoms with E-state index < -0.39 is 19.2 Å². The third-order valence-electron chi connectivity index (χ3n) is 0.204. The van der Waals surface area contributed by atoms with Crippen molar-refractivity contribution in [2.45, 2.75) is 6.92 Å². The lowest BCUT2D eigenvalue weighted by Gasteiger charge is -1.75. The van der Waals surface area contributed by atoms with E-state index >= 15 is 0 Å². The fourth-order valence-corrected chi connectivity index (χ4v) is 0. The van der Waals surface area contributed by atoms with E-state index in [9.17, 15) is 8.78 Å². The number of aliphatic hydroxyl groups excluding tert-OH is 1. The quantitative estimate of drug-likeness (QED) is 0.485. The van der Waals surface area contributed by atoms with E-state index in [0.29, 0.717) is 0 Å². The van der Waals surface area contributed by atoms with Crippen molar-refractivity contribution in [3.8, 4) is 6.07 Å². The van der Waals surface area contributed by atoms with E-state index in [1.807, 2.05) is 0 Å². The Morgan fingerprint density at radius 3 is 1.64 bits per heavy atom. The van der Waals surface area contributed by atoms with Crippen LogP contribution in [0.2, 0.25) is 0 Å². The first-order chi connectivity index (χ1) is 5.60. The molecule has 0 spiro atoms. The Balaban J connectivity index is -0.0000000278. The third kappa shape index (κ3) is 219. The average molecular weight is 254 g/mol. The van der Waals surface area contributed by atoms with E-state index in [1.54, 1.807) is 6.92 Å². The highest BCUT2D eigenvalue weighted by Crippen LogP contribution is 1.57. The van der Waals surface area contributed by atoms with Crippen LogP contribution in [0.5, 0.6) is 0 Å². The SMILES string of the molecule is CCO.Cl.Cl.N#CCF.N=C(N)CF. The van der Waals surface area contributed by atoms with Gasteiger partial charge in [-0.15, -0.1) is 24.8 Å². The fourth-order valence-electron chi connectivity index (χ4n) is 0. The minimum atomic E-state index is -0.875. The summed E-state index contributed by atoms with van der Waals surface area (Å²) in [5.41, 5.74) is 4.50. The van der Waals surface area contributed by atoms with Crippen molar-refractivity contribution in [2.24, 2.45) is 5.73 Å². The van der Waals surface area contributed by atoms with Gasteiger partial charge >= 0.3 is 0 Å². The summed E-state index contributed by atoms with van der Waals surface area (Å²) >= 11 is 0. The molecule has 0 aromatic heterocycles.